The van der Waals surface area contributed by atoms with Gasteiger partial charge in [-0.3, -0.25) is 9.59 Å². The molecule has 0 bridgehead atoms. The Balaban J connectivity index is 1.45. The highest BCUT2D eigenvalue weighted by molar-refractivity contribution is 7.12. The maximum Gasteiger partial charge on any atom is 0.264 e. The average Bonchev–Trinajstić information content (AvgIpc) is 3.20. The number of rotatable bonds is 5. The zero-order valence-electron chi connectivity index (χ0n) is 15.5. The molecule has 4 nitrogen and oxygen atoms in total. The van der Waals surface area contributed by atoms with Crippen LogP contribution < -0.4 is 0 Å². The van der Waals surface area contributed by atoms with E-state index >= 15 is 0 Å². The number of thiophene rings is 1. The minimum absolute atomic E-state index is 0.0809. The fourth-order valence-electron chi connectivity index (χ4n) is 3.19. The van der Waals surface area contributed by atoms with Gasteiger partial charge in [-0.2, -0.15) is 0 Å². The molecular formula is C21H26N2O2S. The molecule has 138 valence electrons. The first-order chi connectivity index (χ1) is 12.5. The lowest BCUT2D eigenvalue weighted by Gasteiger charge is -2.34. The monoisotopic (exact) mass is 370 g/mol. The summed E-state index contributed by atoms with van der Waals surface area (Å²) in [7, 11) is 0. The van der Waals surface area contributed by atoms with E-state index in [0.29, 0.717) is 38.5 Å². The number of carbonyl (C=O) groups excluding carboxylic acids is 2. The summed E-state index contributed by atoms with van der Waals surface area (Å²) in [5.74, 6) is 0.789. The van der Waals surface area contributed by atoms with Crippen molar-refractivity contribution in [1.82, 2.24) is 9.80 Å². The normalized spacial score (nSPS) is 14.7. The lowest BCUT2D eigenvalue weighted by Crippen LogP contribution is -2.50. The van der Waals surface area contributed by atoms with Gasteiger partial charge in [0.15, 0.2) is 0 Å². The highest BCUT2D eigenvalue weighted by atomic mass is 32.1. The summed E-state index contributed by atoms with van der Waals surface area (Å²) >= 11 is 1.47. The highest BCUT2D eigenvalue weighted by Gasteiger charge is 2.24. The third-order valence-electron chi connectivity index (χ3n) is 4.93. The molecule has 26 heavy (non-hydrogen) atoms. The second-order valence-corrected chi connectivity index (χ2v) is 7.99. The van der Waals surface area contributed by atoms with E-state index in [0.717, 1.165) is 11.3 Å². The van der Waals surface area contributed by atoms with Gasteiger partial charge in [-0.25, -0.2) is 0 Å². The van der Waals surface area contributed by atoms with Crippen LogP contribution in [0.1, 0.15) is 47.0 Å². The Morgan fingerprint density at radius 2 is 1.65 bits per heavy atom. The molecule has 2 heterocycles. The lowest BCUT2D eigenvalue weighted by molar-refractivity contribution is -0.132. The number of hydrogen-bond acceptors (Lipinski definition) is 3. The molecule has 0 unspecified atom stereocenters. The smallest absolute Gasteiger partial charge is 0.264 e. The third-order valence-corrected chi connectivity index (χ3v) is 5.78. The second-order valence-electron chi connectivity index (χ2n) is 7.05. The molecule has 1 aliphatic heterocycles. The summed E-state index contributed by atoms with van der Waals surface area (Å²) in [5.41, 5.74) is 2.53. The fraction of sp³-hybridized carbons (Fsp3) is 0.429. The molecule has 0 N–H and O–H groups in total. The van der Waals surface area contributed by atoms with Crippen molar-refractivity contribution in [2.45, 2.75) is 32.6 Å². The van der Waals surface area contributed by atoms with Crippen LogP contribution in [0.25, 0.3) is 0 Å². The van der Waals surface area contributed by atoms with Gasteiger partial charge in [0.2, 0.25) is 5.91 Å². The molecule has 1 aliphatic rings. The minimum Gasteiger partial charge on any atom is -0.339 e. The average molecular weight is 371 g/mol. The number of hydrogen-bond donors (Lipinski definition) is 0. The molecule has 0 aliphatic carbocycles. The van der Waals surface area contributed by atoms with E-state index in [1.807, 2.05) is 27.3 Å². The molecule has 1 aromatic carbocycles. The molecule has 2 amide bonds. The van der Waals surface area contributed by atoms with Crippen molar-refractivity contribution >= 4 is 23.2 Å². The molecular weight excluding hydrogens is 344 g/mol. The Kier molecular flexibility index (Phi) is 6.09. The van der Waals surface area contributed by atoms with E-state index in [9.17, 15) is 9.59 Å². The molecule has 1 aromatic heterocycles. The summed E-state index contributed by atoms with van der Waals surface area (Å²) in [6.45, 7) is 6.85. The van der Waals surface area contributed by atoms with Gasteiger partial charge in [-0.15, -0.1) is 11.3 Å². The molecule has 1 saturated heterocycles. The number of carbonyl (C=O) groups is 2. The van der Waals surface area contributed by atoms with E-state index < -0.39 is 0 Å². The van der Waals surface area contributed by atoms with Crippen LogP contribution in [0, 0.1) is 0 Å². The first-order valence-corrected chi connectivity index (χ1v) is 10.1. The van der Waals surface area contributed by atoms with Crippen LogP contribution in [-0.2, 0) is 11.2 Å². The van der Waals surface area contributed by atoms with E-state index in [-0.39, 0.29) is 11.8 Å². The van der Waals surface area contributed by atoms with Crippen molar-refractivity contribution in [2.24, 2.45) is 0 Å². The predicted molar refractivity (Wildman–Crippen MR) is 106 cm³/mol. The van der Waals surface area contributed by atoms with Crippen molar-refractivity contribution in [3.05, 3.63) is 57.8 Å². The van der Waals surface area contributed by atoms with E-state index in [1.54, 1.807) is 0 Å². The summed E-state index contributed by atoms with van der Waals surface area (Å²) in [6, 6.07) is 12.3. The highest BCUT2D eigenvalue weighted by Crippen LogP contribution is 2.17. The van der Waals surface area contributed by atoms with Gasteiger partial charge in [-0.1, -0.05) is 44.2 Å². The van der Waals surface area contributed by atoms with E-state index in [4.69, 9.17) is 0 Å². The number of aryl methyl sites for hydroxylation is 1. The van der Waals surface area contributed by atoms with Crippen LogP contribution in [-0.4, -0.2) is 47.8 Å². The molecule has 0 radical (unpaired) electrons. The Bertz CT molecular complexity index is 730. The number of benzene rings is 1. The fourth-order valence-corrected chi connectivity index (χ4v) is 3.88. The SMILES string of the molecule is CC(C)c1ccc(CCC(=O)N2CCN(C(=O)c3cccs3)CC2)cc1. The van der Waals surface area contributed by atoms with Crippen LogP contribution in [0.15, 0.2) is 41.8 Å². The Labute approximate surface area is 159 Å². The van der Waals surface area contributed by atoms with Gasteiger partial charge in [0.1, 0.15) is 0 Å². The summed E-state index contributed by atoms with van der Waals surface area (Å²) < 4.78 is 0. The molecule has 2 aromatic rings. The topological polar surface area (TPSA) is 40.6 Å². The van der Waals surface area contributed by atoms with E-state index in [2.05, 4.69) is 38.1 Å². The maximum absolute atomic E-state index is 12.5. The minimum atomic E-state index is 0.0809. The number of nitrogens with zero attached hydrogens (tertiary/aromatic N) is 2. The van der Waals surface area contributed by atoms with Crippen LogP contribution in [0.4, 0.5) is 0 Å². The summed E-state index contributed by atoms with van der Waals surface area (Å²) in [6.07, 6.45) is 1.30. The first kappa shape index (κ1) is 18.6. The van der Waals surface area contributed by atoms with E-state index in [1.165, 1.54) is 22.5 Å². The van der Waals surface area contributed by atoms with Crippen LogP contribution in [0.2, 0.25) is 0 Å². The van der Waals surface area contributed by atoms with Gasteiger partial charge in [-0.05, 0) is 34.9 Å². The van der Waals surface area contributed by atoms with Gasteiger partial charge in [0, 0.05) is 32.6 Å². The second kappa shape index (κ2) is 8.49. The maximum atomic E-state index is 12.5. The number of piperazine rings is 1. The molecule has 0 saturated carbocycles. The van der Waals surface area contributed by atoms with Crippen LogP contribution in [0.5, 0.6) is 0 Å². The largest absolute Gasteiger partial charge is 0.339 e. The quantitative estimate of drug-likeness (QED) is 0.803. The summed E-state index contributed by atoms with van der Waals surface area (Å²) in [5, 5.41) is 1.92. The molecule has 0 spiro atoms. The van der Waals surface area contributed by atoms with Crippen LogP contribution >= 0.6 is 11.3 Å². The number of amides is 2. The van der Waals surface area contributed by atoms with Crippen molar-refractivity contribution in [3.63, 3.8) is 0 Å². The third kappa shape index (κ3) is 4.52. The standard InChI is InChI=1S/C21H26N2O2S/c1-16(2)18-8-5-17(6-9-18)7-10-20(24)22-11-13-23(14-12-22)21(25)19-4-3-15-26-19/h3-6,8-9,15-16H,7,10-14H2,1-2H3. The van der Waals surface area contributed by atoms with Gasteiger partial charge < -0.3 is 9.80 Å². The molecule has 3 rings (SSSR count). The molecule has 5 heteroatoms. The van der Waals surface area contributed by atoms with Crippen molar-refractivity contribution in [3.8, 4) is 0 Å². The first-order valence-electron chi connectivity index (χ1n) is 9.24. The molecule has 1 fully saturated rings. The molecule has 0 atom stereocenters. The van der Waals surface area contributed by atoms with Gasteiger partial charge >= 0.3 is 0 Å². The van der Waals surface area contributed by atoms with Crippen molar-refractivity contribution in [1.29, 1.82) is 0 Å². The van der Waals surface area contributed by atoms with Gasteiger partial charge in [0.25, 0.3) is 5.91 Å². The van der Waals surface area contributed by atoms with Crippen LogP contribution in [0.3, 0.4) is 0 Å². The predicted octanol–water partition coefficient (Wildman–Crippen LogP) is 3.79. The Hall–Kier alpha value is -2.14. The zero-order chi connectivity index (χ0) is 18.5. The Morgan fingerprint density at radius 3 is 2.23 bits per heavy atom. The zero-order valence-corrected chi connectivity index (χ0v) is 16.3. The summed E-state index contributed by atoms with van der Waals surface area (Å²) in [4.78, 5) is 29.3. The Morgan fingerprint density at radius 1 is 1.00 bits per heavy atom. The van der Waals surface area contributed by atoms with Gasteiger partial charge in [0.05, 0.1) is 4.88 Å². The van der Waals surface area contributed by atoms with Crippen molar-refractivity contribution in [2.75, 3.05) is 26.2 Å². The lowest BCUT2D eigenvalue weighted by atomic mass is 10.00. The van der Waals surface area contributed by atoms with Crippen molar-refractivity contribution < 1.29 is 9.59 Å².